The largest absolute Gasteiger partial charge is 0.378 e. The molecule has 0 aromatic heterocycles. The summed E-state index contributed by atoms with van der Waals surface area (Å²) in [6, 6.07) is 17.5. The van der Waals surface area contributed by atoms with Crippen molar-refractivity contribution in [2.75, 3.05) is 19.0 Å². The summed E-state index contributed by atoms with van der Waals surface area (Å²) in [4.78, 5) is 2.05. The summed E-state index contributed by atoms with van der Waals surface area (Å²) in [6.07, 6.45) is 1.73. The van der Waals surface area contributed by atoms with Gasteiger partial charge in [-0.25, -0.2) is 0 Å². The van der Waals surface area contributed by atoms with E-state index in [0.29, 0.717) is 5.56 Å². The number of nitriles is 1. The van der Waals surface area contributed by atoms with Crippen LogP contribution in [0.4, 0.5) is 5.69 Å². The van der Waals surface area contributed by atoms with Gasteiger partial charge in [0.25, 0.3) is 0 Å². The Bertz CT molecular complexity index is 717. The molecule has 0 fully saturated rings. The molecule has 2 aromatic carbocycles. The van der Waals surface area contributed by atoms with Crippen molar-refractivity contribution in [3.05, 3.63) is 65.2 Å². The smallest absolute Gasteiger partial charge is 0.0991 e. The van der Waals surface area contributed by atoms with Crippen LogP contribution in [0.25, 0.3) is 0 Å². The van der Waals surface area contributed by atoms with Gasteiger partial charge in [-0.05, 0) is 42.3 Å². The molecule has 110 valence electrons. The third kappa shape index (κ3) is 4.03. The van der Waals surface area contributed by atoms with Gasteiger partial charge in [-0.2, -0.15) is 15.5 Å². The number of hydrogen-bond acceptors (Lipinski definition) is 4. The second-order valence-corrected chi connectivity index (χ2v) is 5.11. The predicted octanol–water partition coefficient (Wildman–Crippen LogP) is 3.47. The summed E-state index contributed by atoms with van der Waals surface area (Å²) in [7, 11) is 4.02. The maximum Gasteiger partial charge on any atom is 0.0991 e. The first-order valence-electron chi connectivity index (χ1n) is 6.95. The summed E-state index contributed by atoms with van der Waals surface area (Å²) < 4.78 is 0. The standard InChI is InChI=1S/C18H18N4/c1-14(17-8-4-15(12-19)5-9-17)21-20-13-16-6-10-18(11-7-16)22(2)3/h4-11,13H,1-3H3/b20-13+,21-14+. The third-order valence-electron chi connectivity index (χ3n) is 3.26. The highest BCUT2D eigenvalue weighted by atomic mass is 15.2. The first kappa shape index (κ1) is 15.5. The van der Waals surface area contributed by atoms with Crippen molar-refractivity contribution in [3.8, 4) is 6.07 Å². The zero-order valence-electron chi connectivity index (χ0n) is 13.0. The van der Waals surface area contributed by atoms with Crippen molar-refractivity contribution < 1.29 is 0 Å². The first-order chi connectivity index (χ1) is 10.6. The Kier molecular flexibility index (Phi) is 5.05. The quantitative estimate of drug-likeness (QED) is 0.639. The topological polar surface area (TPSA) is 51.8 Å². The average molecular weight is 290 g/mol. The highest BCUT2D eigenvalue weighted by molar-refractivity contribution is 5.99. The summed E-state index contributed by atoms with van der Waals surface area (Å²) in [6.45, 7) is 1.90. The van der Waals surface area contributed by atoms with E-state index in [0.717, 1.165) is 22.5 Å². The van der Waals surface area contributed by atoms with Gasteiger partial charge >= 0.3 is 0 Å². The van der Waals surface area contributed by atoms with Gasteiger partial charge in [-0.1, -0.05) is 24.3 Å². The maximum absolute atomic E-state index is 8.78. The van der Waals surface area contributed by atoms with Crippen molar-refractivity contribution in [1.82, 2.24) is 0 Å². The van der Waals surface area contributed by atoms with Crippen molar-refractivity contribution in [3.63, 3.8) is 0 Å². The van der Waals surface area contributed by atoms with Crippen LogP contribution in [-0.4, -0.2) is 26.0 Å². The van der Waals surface area contributed by atoms with E-state index in [4.69, 9.17) is 5.26 Å². The minimum absolute atomic E-state index is 0.640. The molecular weight excluding hydrogens is 272 g/mol. The molecule has 0 heterocycles. The molecule has 22 heavy (non-hydrogen) atoms. The van der Waals surface area contributed by atoms with Crippen molar-refractivity contribution >= 4 is 17.6 Å². The Hall–Kier alpha value is -2.93. The van der Waals surface area contributed by atoms with Crippen molar-refractivity contribution in [2.45, 2.75) is 6.92 Å². The van der Waals surface area contributed by atoms with E-state index >= 15 is 0 Å². The summed E-state index contributed by atoms with van der Waals surface area (Å²) >= 11 is 0. The molecule has 0 aliphatic rings. The normalized spacial score (nSPS) is 11.5. The van der Waals surface area contributed by atoms with Gasteiger partial charge in [0.15, 0.2) is 0 Å². The van der Waals surface area contributed by atoms with E-state index in [-0.39, 0.29) is 0 Å². The zero-order chi connectivity index (χ0) is 15.9. The fourth-order valence-electron chi connectivity index (χ4n) is 1.88. The van der Waals surface area contributed by atoms with Crippen LogP contribution in [0, 0.1) is 11.3 Å². The molecule has 0 aliphatic heterocycles. The SMILES string of the molecule is C/C(=N\N=C\c1ccc(N(C)C)cc1)c1ccc(C#N)cc1. The molecule has 4 heteroatoms. The molecule has 0 N–H and O–H groups in total. The number of nitrogens with zero attached hydrogens (tertiary/aromatic N) is 4. The van der Waals surface area contributed by atoms with Crippen LogP contribution in [0.1, 0.15) is 23.6 Å². The van der Waals surface area contributed by atoms with E-state index in [1.54, 1.807) is 18.3 Å². The zero-order valence-corrected chi connectivity index (χ0v) is 13.0. The molecule has 0 amide bonds. The summed E-state index contributed by atoms with van der Waals surface area (Å²) in [5, 5.41) is 17.1. The monoisotopic (exact) mass is 290 g/mol. The number of anilines is 1. The van der Waals surface area contributed by atoms with Crippen LogP contribution in [0.3, 0.4) is 0 Å². The highest BCUT2D eigenvalue weighted by Gasteiger charge is 1.97. The Morgan fingerprint density at radius 3 is 2.23 bits per heavy atom. The van der Waals surface area contributed by atoms with Crippen molar-refractivity contribution in [1.29, 1.82) is 5.26 Å². The van der Waals surface area contributed by atoms with Gasteiger partial charge in [0.1, 0.15) is 0 Å². The second-order valence-electron chi connectivity index (χ2n) is 5.11. The summed E-state index contributed by atoms with van der Waals surface area (Å²) in [5.74, 6) is 0. The fraction of sp³-hybridized carbons (Fsp3) is 0.167. The van der Waals surface area contributed by atoms with E-state index in [1.807, 2.05) is 62.3 Å². The number of rotatable bonds is 4. The van der Waals surface area contributed by atoms with Crippen molar-refractivity contribution in [2.24, 2.45) is 10.2 Å². The van der Waals surface area contributed by atoms with Gasteiger partial charge in [0, 0.05) is 19.8 Å². The molecule has 0 aliphatic carbocycles. The minimum Gasteiger partial charge on any atom is -0.378 e. The molecule has 0 saturated carbocycles. The molecule has 4 nitrogen and oxygen atoms in total. The van der Waals surface area contributed by atoms with E-state index in [2.05, 4.69) is 16.3 Å². The molecule has 0 atom stereocenters. The average Bonchev–Trinajstić information content (AvgIpc) is 2.55. The van der Waals surface area contributed by atoms with Crippen LogP contribution >= 0.6 is 0 Å². The molecule has 0 bridgehead atoms. The van der Waals surface area contributed by atoms with Gasteiger partial charge in [0.2, 0.25) is 0 Å². The second kappa shape index (κ2) is 7.19. The van der Waals surface area contributed by atoms with Crippen LogP contribution in [-0.2, 0) is 0 Å². The lowest BCUT2D eigenvalue weighted by molar-refractivity contribution is 1.13. The van der Waals surface area contributed by atoms with E-state index in [1.165, 1.54) is 0 Å². The van der Waals surface area contributed by atoms with Gasteiger partial charge in [0.05, 0.1) is 23.6 Å². The van der Waals surface area contributed by atoms with E-state index < -0.39 is 0 Å². The molecule has 0 unspecified atom stereocenters. The molecule has 0 radical (unpaired) electrons. The summed E-state index contributed by atoms with van der Waals surface area (Å²) in [5.41, 5.74) is 4.56. The maximum atomic E-state index is 8.78. The lowest BCUT2D eigenvalue weighted by Crippen LogP contribution is -2.08. The Morgan fingerprint density at radius 2 is 1.68 bits per heavy atom. The van der Waals surface area contributed by atoms with Crippen LogP contribution in [0.15, 0.2) is 58.7 Å². The fourth-order valence-corrected chi connectivity index (χ4v) is 1.88. The van der Waals surface area contributed by atoms with Crippen LogP contribution in [0.2, 0.25) is 0 Å². The predicted molar refractivity (Wildman–Crippen MR) is 91.7 cm³/mol. The molecule has 2 aromatic rings. The number of hydrogen-bond donors (Lipinski definition) is 0. The van der Waals surface area contributed by atoms with Crippen LogP contribution in [0.5, 0.6) is 0 Å². The molecule has 0 spiro atoms. The van der Waals surface area contributed by atoms with Gasteiger partial charge in [-0.15, -0.1) is 0 Å². The van der Waals surface area contributed by atoms with E-state index in [9.17, 15) is 0 Å². The molecule has 2 rings (SSSR count). The Labute approximate surface area is 131 Å². The molecular formula is C18H18N4. The number of benzene rings is 2. The van der Waals surface area contributed by atoms with Gasteiger partial charge < -0.3 is 4.90 Å². The Morgan fingerprint density at radius 1 is 1.05 bits per heavy atom. The Balaban J connectivity index is 2.07. The lowest BCUT2D eigenvalue weighted by atomic mass is 10.1. The minimum atomic E-state index is 0.640. The van der Waals surface area contributed by atoms with Gasteiger partial charge in [-0.3, -0.25) is 0 Å². The third-order valence-corrected chi connectivity index (χ3v) is 3.26. The first-order valence-corrected chi connectivity index (χ1v) is 6.95. The highest BCUT2D eigenvalue weighted by Crippen LogP contribution is 2.11. The molecule has 0 saturated heterocycles. The lowest BCUT2D eigenvalue weighted by Gasteiger charge is -2.11. The van der Waals surface area contributed by atoms with Crippen LogP contribution < -0.4 is 4.90 Å².